The molecule has 0 saturated heterocycles. The largest absolute Gasteiger partial charge is 0.268 e. The SMILES string of the molecule is C[C@H]1C(C2CC2)=C(c2c(F)c(F)c(F)c(F)c2F)[B@@-](C#[N+]C(C)(C)C)(c2c(F)c(F)c(F)c(F)c2F)[C@@H]1c1c(F)c(F)c(F)c(F)c1F. The molecule has 5 rings (SSSR count). The molecular formula is C31H19BF15N. The summed E-state index contributed by atoms with van der Waals surface area (Å²) in [4.78, 5) is 3.85. The Balaban J connectivity index is 2.18. The van der Waals surface area contributed by atoms with Gasteiger partial charge in [0.25, 0.3) is 5.54 Å². The highest BCUT2D eigenvalue weighted by Crippen LogP contribution is 2.60. The van der Waals surface area contributed by atoms with Gasteiger partial charge in [-0.2, -0.15) is 5.47 Å². The second kappa shape index (κ2) is 11.5. The van der Waals surface area contributed by atoms with Crippen LogP contribution in [0.2, 0.25) is 0 Å². The predicted octanol–water partition coefficient (Wildman–Crippen LogP) is 9.48. The fraction of sp³-hybridized carbons (Fsp3) is 0.323. The van der Waals surface area contributed by atoms with E-state index in [9.17, 15) is 39.5 Å². The zero-order valence-corrected chi connectivity index (χ0v) is 24.8. The number of benzene rings is 3. The molecule has 0 spiro atoms. The van der Waals surface area contributed by atoms with E-state index in [2.05, 4.69) is 4.85 Å². The second-order valence-corrected chi connectivity index (χ2v) is 12.7. The van der Waals surface area contributed by atoms with Crippen LogP contribution in [0.15, 0.2) is 5.57 Å². The van der Waals surface area contributed by atoms with E-state index in [0.717, 1.165) is 6.92 Å². The van der Waals surface area contributed by atoms with E-state index in [1.807, 2.05) is 5.97 Å². The first kappa shape index (κ1) is 35.2. The van der Waals surface area contributed by atoms with Crippen molar-refractivity contribution in [1.82, 2.24) is 0 Å². The Morgan fingerprint density at radius 1 is 0.542 bits per heavy atom. The minimum atomic E-state index is -4.91. The van der Waals surface area contributed by atoms with Gasteiger partial charge < -0.3 is 0 Å². The van der Waals surface area contributed by atoms with E-state index in [0.29, 0.717) is 0 Å². The lowest BCUT2D eigenvalue weighted by Crippen LogP contribution is -2.57. The van der Waals surface area contributed by atoms with Crippen LogP contribution in [0, 0.1) is 105 Å². The van der Waals surface area contributed by atoms with Crippen molar-refractivity contribution in [2.45, 2.75) is 51.9 Å². The van der Waals surface area contributed by atoms with Gasteiger partial charge in [0.2, 0.25) is 17.8 Å². The molecule has 1 nitrogen and oxygen atoms in total. The molecule has 0 bridgehead atoms. The predicted molar refractivity (Wildman–Crippen MR) is 143 cm³/mol. The van der Waals surface area contributed by atoms with Gasteiger partial charge in [0.1, 0.15) is 11.6 Å². The van der Waals surface area contributed by atoms with Crippen LogP contribution in [0.5, 0.6) is 0 Å². The highest BCUT2D eigenvalue weighted by molar-refractivity contribution is 7.13. The van der Waals surface area contributed by atoms with Crippen LogP contribution in [0.4, 0.5) is 65.9 Å². The van der Waals surface area contributed by atoms with Crippen molar-refractivity contribution in [3.05, 3.63) is 109 Å². The van der Waals surface area contributed by atoms with Gasteiger partial charge in [-0.1, -0.05) is 12.5 Å². The molecular weight excluding hydrogens is 682 g/mol. The number of rotatable bonds is 4. The van der Waals surface area contributed by atoms with Crippen molar-refractivity contribution >= 4 is 17.1 Å². The van der Waals surface area contributed by atoms with Crippen LogP contribution in [0.25, 0.3) is 10.3 Å². The van der Waals surface area contributed by atoms with Crippen molar-refractivity contribution in [1.29, 1.82) is 0 Å². The molecule has 1 fully saturated rings. The van der Waals surface area contributed by atoms with E-state index in [1.54, 1.807) is 0 Å². The summed E-state index contributed by atoms with van der Waals surface area (Å²) in [6.45, 7) is 4.56. The van der Waals surface area contributed by atoms with E-state index in [-0.39, 0.29) is 12.8 Å². The average Bonchev–Trinajstić information content (AvgIpc) is 3.84. The Kier molecular flexibility index (Phi) is 8.45. The van der Waals surface area contributed by atoms with Gasteiger partial charge in [-0.05, 0) is 24.7 Å². The van der Waals surface area contributed by atoms with Crippen LogP contribution in [-0.2, 0) is 0 Å². The lowest BCUT2D eigenvalue weighted by molar-refractivity contribution is 0.364. The maximum Gasteiger partial charge on any atom is 0.268 e. The maximum absolute atomic E-state index is 16.0. The Bertz CT molecular complexity index is 1930. The fourth-order valence-corrected chi connectivity index (χ4v) is 6.78. The topological polar surface area (TPSA) is 4.36 Å². The molecule has 3 aromatic carbocycles. The summed E-state index contributed by atoms with van der Waals surface area (Å²) in [6, 6.07) is 0. The molecule has 3 aromatic rings. The van der Waals surface area contributed by atoms with E-state index in [4.69, 9.17) is 0 Å². The zero-order valence-electron chi connectivity index (χ0n) is 24.8. The highest BCUT2D eigenvalue weighted by atomic mass is 19.2. The highest BCUT2D eigenvalue weighted by Gasteiger charge is 2.60. The molecule has 17 heteroatoms. The first-order valence-electron chi connectivity index (χ1n) is 14.1. The molecule has 0 amide bonds. The molecule has 1 aliphatic heterocycles. The summed E-state index contributed by atoms with van der Waals surface area (Å²) in [5.41, 5.74) is -9.65. The zero-order chi connectivity index (χ0) is 36.1. The van der Waals surface area contributed by atoms with E-state index in [1.165, 1.54) is 20.8 Å². The summed E-state index contributed by atoms with van der Waals surface area (Å²) in [5, 5.41) is 0. The Morgan fingerprint density at radius 2 is 0.896 bits per heavy atom. The van der Waals surface area contributed by atoms with Gasteiger partial charge in [0.15, 0.2) is 64.0 Å². The third-order valence-electron chi connectivity index (χ3n) is 8.71. The maximum atomic E-state index is 16.0. The molecule has 0 unspecified atom stereocenters. The molecule has 0 N–H and O–H groups in total. The number of allylic oxidation sites excluding steroid dienone is 1. The number of hydrogen-bond donors (Lipinski definition) is 0. The summed E-state index contributed by atoms with van der Waals surface area (Å²) < 4.78 is 227. The minimum absolute atomic E-state index is 0.0118. The number of hydrogen-bond acceptors (Lipinski definition) is 0. The Hall–Kier alpha value is -4.10. The molecule has 2 aliphatic rings. The first-order valence-corrected chi connectivity index (χ1v) is 14.1. The van der Waals surface area contributed by atoms with Gasteiger partial charge in [0.05, 0.1) is 5.97 Å². The molecule has 1 aliphatic carbocycles. The van der Waals surface area contributed by atoms with E-state index < -0.39 is 144 Å². The van der Waals surface area contributed by atoms with Gasteiger partial charge in [0, 0.05) is 31.9 Å². The molecule has 3 atom stereocenters. The van der Waals surface area contributed by atoms with Crippen molar-refractivity contribution < 1.29 is 65.9 Å². The Morgan fingerprint density at radius 3 is 1.27 bits per heavy atom. The van der Waals surface area contributed by atoms with Gasteiger partial charge in [-0.25, -0.2) is 65.9 Å². The van der Waals surface area contributed by atoms with Crippen molar-refractivity contribution in [2.75, 3.05) is 0 Å². The molecule has 256 valence electrons. The minimum Gasteiger partial charge on any atom is -0.207 e. The number of nitrogens with zero attached hydrogens (tertiary/aromatic N) is 1. The van der Waals surface area contributed by atoms with Gasteiger partial charge >= 0.3 is 0 Å². The lowest BCUT2D eigenvalue weighted by atomic mass is 9.13. The van der Waals surface area contributed by atoms with Crippen LogP contribution in [0.1, 0.15) is 57.5 Å². The molecule has 0 radical (unpaired) electrons. The number of halogens is 15. The summed E-state index contributed by atoms with van der Waals surface area (Å²) in [7, 11) is 0. The van der Waals surface area contributed by atoms with Crippen molar-refractivity contribution in [2.24, 2.45) is 11.8 Å². The third kappa shape index (κ3) is 4.88. The van der Waals surface area contributed by atoms with Crippen LogP contribution < -0.4 is 5.46 Å². The normalized spacial score (nSPS) is 21.2. The average molecular weight is 701 g/mol. The molecule has 48 heavy (non-hydrogen) atoms. The molecule has 0 aromatic heterocycles. The first-order chi connectivity index (χ1) is 22.1. The summed E-state index contributed by atoms with van der Waals surface area (Å²) in [6.07, 6.45) is -4.94. The van der Waals surface area contributed by atoms with E-state index >= 15 is 26.3 Å². The standard InChI is InChI=1S/C31H19BF15N/c1-8-10(9-5-6-9)14(12-18(35)24(41)29(46)25(42)19(12)36)32(7-48-31(2,3)4,15-20(37)26(43)30(47)27(44)21(15)38)13(8)11-16(33)22(39)28(45)23(40)17(11)34/h8-9,13H,5-6H2,1-4H3/t8-,13-,32-/m0/s1. The van der Waals surface area contributed by atoms with Crippen molar-refractivity contribution in [3.8, 4) is 5.97 Å². The van der Waals surface area contributed by atoms with Crippen LogP contribution in [-0.4, -0.2) is 11.7 Å². The van der Waals surface area contributed by atoms with Crippen molar-refractivity contribution in [3.63, 3.8) is 0 Å². The Labute approximate surface area is 261 Å². The van der Waals surface area contributed by atoms with Gasteiger partial charge in [-0.3, -0.25) is 0 Å². The van der Waals surface area contributed by atoms with Gasteiger partial charge in [-0.15, -0.1) is 16.1 Å². The third-order valence-corrected chi connectivity index (χ3v) is 8.71. The summed E-state index contributed by atoms with van der Waals surface area (Å²) >= 11 is 0. The summed E-state index contributed by atoms with van der Waals surface area (Å²) in [5.74, 6) is -44.4. The smallest absolute Gasteiger partial charge is 0.207 e. The molecule has 1 heterocycles. The van der Waals surface area contributed by atoms with Crippen LogP contribution >= 0.6 is 0 Å². The lowest BCUT2D eigenvalue weighted by Gasteiger charge is -2.39. The quantitative estimate of drug-likeness (QED) is 0.111. The fourth-order valence-electron chi connectivity index (χ4n) is 6.78. The second-order valence-electron chi connectivity index (χ2n) is 12.7. The molecule has 1 saturated carbocycles. The monoisotopic (exact) mass is 701 g/mol. The van der Waals surface area contributed by atoms with Crippen LogP contribution in [0.3, 0.4) is 0 Å².